The third-order valence-corrected chi connectivity index (χ3v) is 5.93. The molecule has 130 valence electrons. The van der Waals surface area contributed by atoms with E-state index in [9.17, 15) is 0 Å². The van der Waals surface area contributed by atoms with Crippen LogP contribution >= 0.6 is 27.5 Å². The van der Waals surface area contributed by atoms with Gasteiger partial charge in [0.05, 0.1) is 11.0 Å². The largest absolute Gasteiger partial charge is 0.309 e. The van der Waals surface area contributed by atoms with Gasteiger partial charge in [-0.15, -0.1) is 0 Å². The zero-order valence-electron chi connectivity index (χ0n) is 14.4. The third kappa shape index (κ3) is 2.68. The number of para-hydroxylation sites is 2. The maximum Gasteiger partial charge on any atom is 0.0548 e. The Bertz CT molecular complexity index is 1290. The molecule has 0 amide bonds. The molecule has 0 atom stereocenters. The molecule has 1 aromatic heterocycles. The van der Waals surface area contributed by atoms with Crippen LogP contribution in [-0.2, 0) is 0 Å². The van der Waals surface area contributed by atoms with Gasteiger partial charge in [-0.3, -0.25) is 0 Å². The van der Waals surface area contributed by atoms with E-state index in [1.54, 1.807) is 0 Å². The molecule has 0 saturated heterocycles. The van der Waals surface area contributed by atoms with Gasteiger partial charge in [0.1, 0.15) is 0 Å². The van der Waals surface area contributed by atoms with Gasteiger partial charge >= 0.3 is 0 Å². The number of hydrogen-bond acceptors (Lipinski definition) is 0. The van der Waals surface area contributed by atoms with Crippen molar-refractivity contribution < 1.29 is 0 Å². The minimum Gasteiger partial charge on any atom is -0.309 e. The quantitative estimate of drug-likeness (QED) is 0.267. The second-order valence-corrected chi connectivity index (χ2v) is 7.78. The highest BCUT2D eigenvalue weighted by Gasteiger charge is 2.16. The number of fused-ring (bicyclic) bond motifs is 3. The predicted octanol–water partition coefficient (Wildman–Crippen LogP) is 7.87. The van der Waals surface area contributed by atoms with E-state index in [0.29, 0.717) is 0 Å². The molecule has 5 rings (SSSR count). The highest BCUT2D eigenvalue weighted by Crippen LogP contribution is 2.40. The maximum atomic E-state index is 6.49. The zero-order chi connectivity index (χ0) is 18.4. The molecule has 0 saturated carbocycles. The van der Waals surface area contributed by atoms with Crippen molar-refractivity contribution in [1.82, 2.24) is 4.57 Å². The zero-order valence-corrected chi connectivity index (χ0v) is 16.7. The molecule has 0 N–H and O–H groups in total. The number of benzene rings is 4. The van der Waals surface area contributed by atoms with Crippen LogP contribution in [0, 0.1) is 0 Å². The Hall–Kier alpha value is -2.55. The van der Waals surface area contributed by atoms with E-state index in [-0.39, 0.29) is 0 Å². The molecular weight excluding hydrogens is 418 g/mol. The number of halogens is 2. The van der Waals surface area contributed by atoms with Crippen LogP contribution in [0.15, 0.2) is 95.5 Å². The second-order valence-electron chi connectivity index (χ2n) is 6.52. The SMILES string of the molecule is Clc1ccccc1-c1cc2c(cc1Br)c1ccccc1n2-c1ccccc1. The predicted molar refractivity (Wildman–Crippen MR) is 119 cm³/mol. The summed E-state index contributed by atoms with van der Waals surface area (Å²) in [6.07, 6.45) is 0. The third-order valence-electron chi connectivity index (χ3n) is 4.94. The summed E-state index contributed by atoms with van der Waals surface area (Å²) in [5.41, 5.74) is 5.63. The lowest BCUT2D eigenvalue weighted by atomic mass is 10.0. The molecule has 5 aromatic rings. The van der Waals surface area contributed by atoms with Crippen molar-refractivity contribution in [2.75, 3.05) is 0 Å². The van der Waals surface area contributed by atoms with Crippen LogP contribution in [0.25, 0.3) is 38.6 Å². The first-order valence-corrected chi connectivity index (χ1v) is 9.94. The molecule has 1 heterocycles. The van der Waals surface area contributed by atoms with Gasteiger partial charge in [-0.25, -0.2) is 0 Å². The Balaban J connectivity index is 1.92. The fraction of sp³-hybridized carbons (Fsp3) is 0. The molecule has 0 bridgehead atoms. The summed E-state index contributed by atoms with van der Waals surface area (Å²) in [4.78, 5) is 0. The van der Waals surface area contributed by atoms with Crippen molar-refractivity contribution in [2.45, 2.75) is 0 Å². The minimum atomic E-state index is 0.750. The number of aromatic nitrogens is 1. The molecule has 4 aromatic carbocycles. The summed E-state index contributed by atoms with van der Waals surface area (Å²) < 4.78 is 3.36. The molecule has 0 radical (unpaired) electrons. The van der Waals surface area contributed by atoms with E-state index in [0.717, 1.165) is 26.3 Å². The smallest absolute Gasteiger partial charge is 0.0548 e. The van der Waals surface area contributed by atoms with Crippen LogP contribution in [0.2, 0.25) is 5.02 Å². The van der Waals surface area contributed by atoms with Crippen molar-refractivity contribution in [3.63, 3.8) is 0 Å². The van der Waals surface area contributed by atoms with E-state index in [1.165, 1.54) is 21.8 Å². The lowest BCUT2D eigenvalue weighted by Crippen LogP contribution is -1.93. The first kappa shape index (κ1) is 16.6. The number of nitrogens with zero attached hydrogens (tertiary/aromatic N) is 1. The topological polar surface area (TPSA) is 4.93 Å². The van der Waals surface area contributed by atoms with Gasteiger partial charge in [-0.1, -0.05) is 82.1 Å². The fourth-order valence-corrected chi connectivity index (χ4v) is 4.52. The van der Waals surface area contributed by atoms with E-state index >= 15 is 0 Å². The highest BCUT2D eigenvalue weighted by atomic mass is 79.9. The van der Waals surface area contributed by atoms with Gasteiger partial charge in [0.15, 0.2) is 0 Å². The van der Waals surface area contributed by atoms with Gasteiger partial charge < -0.3 is 4.57 Å². The molecular formula is C24H15BrClN. The Morgan fingerprint density at radius 1 is 0.630 bits per heavy atom. The number of hydrogen-bond donors (Lipinski definition) is 0. The maximum absolute atomic E-state index is 6.49. The summed E-state index contributed by atoms with van der Waals surface area (Å²) in [7, 11) is 0. The summed E-state index contributed by atoms with van der Waals surface area (Å²) in [6.45, 7) is 0. The molecule has 0 fully saturated rings. The molecule has 0 unspecified atom stereocenters. The lowest BCUT2D eigenvalue weighted by molar-refractivity contribution is 1.18. The normalized spacial score (nSPS) is 11.3. The van der Waals surface area contributed by atoms with E-state index in [2.05, 4.69) is 87.2 Å². The van der Waals surface area contributed by atoms with Crippen molar-refractivity contribution in [3.05, 3.63) is 100 Å². The minimum absolute atomic E-state index is 0.750. The monoisotopic (exact) mass is 431 g/mol. The van der Waals surface area contributed by atoms with Crippen LogP contribution in [0.1, 0.15) is 0 Å². The van der Waals surface area contributed by atoms with Crippen molar-refractivity contribution >= 4 is 49.3 Å². The van der Waals surface area contributed by atoms with Crippen molar-refractivity contribution in [2.24, 2.45) is 0 Å². The molecule has 3 heteroatoms. The van der Waals surface area contributed by atoms with Crippen molar-refractivity contribution in [3.8, 4) is 16.8 Å². The summed E-state index contributed by atoms with van der Waals surface area (Å²) >= 11 is 10.3. The summed E-state index contributed by atoms with van der Waals surface area (Å²) in [6, 6.07) is 31.4. The van der Waals surface area contributed by atoms with Gasteiger partial charge in [0.2, 0.25) is 0 Å². The van der Waals surface area contributed by atoms with Crippen LogP contribution < -0.4 is 0 Å². The molecule has 0 aliphatic carbocycles. The van der Waals surface area contributed by atoms with Gasteiger partial charge in [0, 0.05) is 31.5 Å². The van der Waals surface area contributed by atoms with E-state index in [4.69, 9.17) is 11.6 Å². The molecule has 0 spiro atoms. The van der Waals surface area contributed by atoms with Crippen LogP contribution in [0.3, 0.4) is 0 Å². The van der Waals surface area contributed by atoms with E-state index < -0.39 is 0 Å². The average molecular weight is 433 g/mol. The molecule has 0 aliphatic rings. The van der Waals surface area contributed by atoms with E-state index in [1.807, 2.05) is 24.3 Å². The first-order chi connectivity index (χ1) is 13.2. The Morgan fingerprint density at radius 2 is 1.33 bits per heavy atom. The Labute approximate surface area is 170 Å². The summed E-state index contributed by atoms with van der Waals surface area (Å²) in [5.74, 6) is 0. The standard InChI is InChI=1S/C24H15BrClN/c25-21-14-20-18-11-5-7-13-23(18)27(16-8-2-1-3-9-16)24(20)15-19(21)17-10-4-6-12-22(17)26/h1-15H. The highest BCUT2D eigenvalue weighted by molar-refractivity contribution is 9.10. The summed E-state index contributed by atoms with van der Waals surface area (Å²) in [5, 5.41) is 3.21. The van der Waals surface area contributed by atoms with Crippen molar-refractivity contribution in [1.29, 1.82) is 0 Å². The Kier molecular flexibility index (Phi) is 4.04. The van der Waals surface area contributed by atoms with Gasteiger partial charge in [-0.05, 0) is 42.0 Å². The molecule has 27 heavy (non-hydrogen) atoms. The number of rotatable bonds is 2. The Morgan fingerprint density at radius 3 is 2.15 bits per heavy atom. The van der Waals surface area contributed by atoms with Crippen LogP contribution in [-0.4, -0.2) is 4.57 Å². The lowest BCUT2D eigenvalue weighted by Gasteiger charge is -2.11. The molecule has 1 nitrogen and oxygen atoms in total. The van der Waals surface area contributed by atoms with Gasteiger partial charge in [0.25, 0.3) is 0 Å². The average Bonchev–Trinajstić information content (AvgIpc) is 3.02. The van der Waals surface area contributed by atoms with Crippen LogP contribution in [0.4, 0.5) is 0 Å². The van der Waals surface area contributed by atoms with Crippen LogP contribution in [0.5, 0.6) is 0 Å². The fourth-order valence-electron chi connectivity index (χ4n) is 3.73. The first-order valence-electron chi connectivity index (χ1n) is 8.77. The second kappa shape index (κ2) is 6.56. The van der Waals surface area contributed by atoms with Gasteiger partial charge in [-0.2, -0.15) is 0 Å². The molecule has 0 aliphatic heterocycles.